The molecule has 0 amide bonds. The minimum atomic E-state index is -4.56. The highest BCUT2D eigenvalue weighted by Crippen LogP contribution is 2.42. The van der Waals surface area contributed by atoms with Crippen LogP contribution >= 0.6 is 0 Å². The van der Waals surface area contributed by atoms with Crippen LogP contribution in [0.5, 0.6) is 5.75 Å². The van der Waals surface area contributed by atoms with Crippen LogP contribution in [-0.4, -0.2) is 24.1 Å². The Labute approximate surface area is 155 Å². The van der Waals surface area contributed by atoms with Crippen LogP contribution in [0.15, 0.2) is 39.5 Å². The molecule has 10 heteroatoms. The lowest BCUT2D eigenvalue weighted by Crippen LogP contribution is -2.39. The zero-order chi connectivity index (χ0) is 20.6. The predicted molar refractivity (Wildman–Crippen MR) is 88.0 cm³/mol. The first-order valence-corrected chi connectivity index (χ1v) is 7.96. The molecule has 148 valence electrons. The SMILES string of the molecule is COC(=O)C1C(=N)Oc2c(oc(CO)cc2=O)C1c1ccc(C(F)(F)F)cc1. The summed E-state index contributed by atoms with van der Waals surface area (Å²) in [4.78, 5) is 24.5. The number of rotatable bonds is 3. The number of esters is 1. The second-order valence-corrected chi connectivity index (χ2v) is 5.99. The van der Waals surface area contributed by atoms with Crippen LogP contribution in [0.1, 0.15) is 28.6 Å². The molecule has 3 rings (SSSR count). The lowest BCUT2D eigenvalue weighted by molar-refractivity contribution is -0.144. The van der Waals surface area contributed by atoms with Crippen molar-refractivity contribution >= 4 is 11.9 Å². The van der Waals surface area contributed by atoms with Crippen LogP contribution in [0.3, 0.4) is 0 Å². The first kappa shape index (κ1) is 19.6. The third kappa shape index (κ3) is 3.38. The summed E-state index contributed by atoms with van der Waals surface area (Å²) in [5, 5.41) is 17.3. The first-order chi connectivity index (χ1) is 13.2. The molecule has 0 bridgehead atoms. The van der Waals surface area contributed by atoms with Gasteiger partial charge in [0, 0.05) is 6.07 Å². The van der Waals surface area contributed by atoms with Gasteiger partial charge in [-0.05, 0) is 17.7 Å². The average Bonchev–Trinajstić information content (AvgIpc) is 2.66. The van der Waals surface area contributed by atoms with Gasteiger partial charge in [0.05, 0.1) is 18.6 Å². The third-order valence-corrected chi connectivity index (χ3v) is 4.30. The van der Waals surface area contributed by atoms with E-state index in [2.05, 4.69) is 4.74 Å². The van der Waals surface area contributed by atoms with E-state index >= 15 is 0 Å². The third-order valence-electron chi connectivity index (χ3n) is 4.30. The molecule has 0 fully saturated rings. The van der Waals surface area contributed by atoms with E-state index in [4.69, 9.17) is 14.6 Å². The summed E-state index contributed by atoms with van der Waals surface area (Å²) in [6.45, 7) is -0.622. The van der Waals surface area contributed by atoms with E-state index in [1.807, 2.05) is 0 Å². The van der Waals surface area contributed by atoms with Crippen molar-refractivity contribution in [2.45, 2.75) is 18.7 Å². The molecule has 1 aromatic heterocycles. The van der Waals surface area contributed by atoms with Gasteiger partial charge >= 0.3 is 12.1 Å². The molecule has 2 N–H and O–H groups in total. The molecule has 28 heavy (non-hydrogen) atoms. The first-order valence-electron chi connectivity index (χ1n) is 7.96. The summed E-state index contributed by atoms with van der Waals surface area (Å²) in [5.74, 6) is -4.70. The van der Waals surface area contributed by atoms with Crippen LogP contribution in [0.4, 0.5) is 13.2 Å². The lowest BCUT2D eigenvalue weighted by atomic mass is 9.81. The minimum absolute atomic E-state index is 0.124. The molecule has 1 aromatic carbocycles. The Morgan fingerprint density at radius 3 is 2.46 bits per heavy atom. The molecule has 2 atom stereocenters. The Bertz CT molecular complexity index is 980. The van der Waals surface area contributed by atoms with Gasteiger partial charge in [-0.25, -0.2) is 0 Å². The molecular weight excluding hydrogens is 383 g/mol. The molecule has 2 heterocycles. The van der Waals surface area contributed by atoms with Gasteiger partial charge in [0.15, 0.2) is 5.76 Å². The quantitative estimate of drug-likeness (QED) is 0.770. The number of hydrogen-bond donors (Lipinski definition) is 2. The molecule has 0 aliphatic carbocycles. The van der Waals surface area contributed by atoms with Crippen LogP contribution in [-0.2, 0) is 22.3 Å². The van der Waals surface area contributed by atoms with Crippen molar-refractivity contribution in [3.05, 3.63) is 63.2 Å². The highest BCUT2D eigenvalue weighted by Gasteiger charge is 2.45. The maximum atomic E-state index is 12.9. The van der Waals surface area contributed by atoms with Crippen molar-refractivity contribution in [1.82, 2.24) is 0 Å². The number of carbonyl (C=O) groups is 1. The second-order valence-electron chi connectivity index (χ2n) is 5.99. The van der Waals surface area contributed by atoms with Crippen molar-refractivity contribution in [1.29, 1.82) is 5.41 Å². The fraction of sp³-hybridized carbons (Fsp3) is 0.278. The molecule has 7 nitrogen and oxygen atoms in total. The lowest BCUT2D eigenvalue weighted by Gasteiger charge is -2.30. The maximum Gasteiger partial charge on any atom is 0.416 e. The Morgan fingerprint density at radius 2 is 1.93 bits per heavy atom. The summed E-state index contributed by atoms with van der Waals surface area (Å²) in [7, 11) is 1.08. The number of nitrogens with one attached hydrogen (secondary N) is 1. The van der Waals surface area contributed by atoms with Crippen molar-refractivity contribution in [3.63, 3.8) is 0 Å². The zero-order valence-electron chi connectivity index (χ0n) is 14.4. The number of methoxy groups -OCH3 is 1. The molecule has 0 saturated carbocycles. The highest BCUT2D eigenvalue weighted by molar-refractivity contribution is 6.00. The molecule has 0 radical (unpaired) electrons. The maximum absolute atomic E-state index is 12.9. The Hall–Kier alpha value is -3.14. The standard InChI is InChI=1S/C18H14F3NO6/c1-26-17(25)13-12(8-2-4-9(5-3-8)18(19,20)21)15-14(28-16(13)22)11(24)6-10(7-23)27-15/h2-6,12-13,22-23H,7H2,1H3. The van der Waals surface area contributed by atoms with E-state index < -0.39 is 47.5 Å². The summed E-state index contributed by atoms with van der Waals surface area (Å²) in [6, 6.07) is 4.84. The van der Waals surface area contributed by atoms with Crippen LogP contribution in [0.2, 0.25) is 0 Å². The average molecular weight is 397 g/mol. The van der Waals surface area contributed by atoms with Gasteiger partial charge in [0.2, 0.25) is 17.1 Å². The molecule has 1 aliphatic rings. The largest absolute Gasteiger partial charge is 0.468 e. The predicted octanol–water partition coefficient (Wildman–Crippen LogP) is 2.44. The second kappa shape index (κ2) is 7.12. The summed E-state index contributed by atoms with van der Waals surface area (Å²) in [6.07, 6.45) is -4.56. The van der Waals surface area contributed by atoms with Crippen molar-refractivity contribution in [3.8, 4) is 5.75 Å². The number of ether oxygens (including phenoxy) is 2. The smallest absolute Gasteiger partial charge is 0.416 e. The molecule has 2 aromatic rings. The van der Waals surface area contributed by atoms with Crippen LogP contribution in [0, 0.1) is 11.3 Å². The Kier molecular flexibility index (Phi) is 4.99. The number of halogens is 3. The summed E-state index contributed by atoms with van der Waals surface area (Å²) in [5.41, 5.74) is -1.43. The molecular formula is C18H14F3NO6. The fourth-order valence-electron chi connectivity index (χ4n) is 3.00. The molecule has 0 spiro atoms. The van der Waals surface area contributed by atoms with E-state index in [1.54, 1.807) is 0 Å². The number of aliphatic hydroxyl groups is 1. The van der Waals surface area contributed by atoms with Crippen LogP contribution < -0.4 is 10.2 Å². The van der Waals surface area contributed by atoms with Gasteiger partial charge in [-0.15, -0.1) is 0 Å². The van der Waals surface area contributed by atoms with Gasteiger partial charge in [0.25, 0.3) is 0 Å². The van der Waals surface area contributed by atoms with Crippen molar-refractivity contribution in [2.24, 2.45) is 5.92 Å². The van der Waals surface area contributed by atoms with Gasteiger partial charge in [-0.2, -0.15) is 13.2 Å². The summed E-state index contributed by atoms with van der Waals surface area (Å²) >= 11 is 0. The molecule has 0 saturated heterocycles. The number of carbonyl (C=O) groups excluding carboxylic acids is 1. The topological polar surface area (TPSA) is 110 Å². The minimum Gasteiger partial charge on any atom is -0.468 e. The molecule has 1 aliphatic heterocycles. The van der Waals surface area contributed by atoms with Gasteiger partial charge in [-0.3, -0.25) is 15.0 Å². The Balaban J connectivity index is 2.22. The van der Waals surface area contributed by atoms with Gasteiger partial charge in [0.1, 0.15) is 18.3 Å². The van der Waals surface area contributed by atoms with E-state index in [-0.39, 0.29) is 22.8 Å². The van der Waals surface area contributed by atoms with Gasteiger partial charge < -0.3 is 19.0 Å². The molecule has 2 unspecified atom stereocenters. The van der Waals surface area contributed by atoms with E-state index in [0.717, 1.165) is 37.4 Å². The number of hydrogen-bond acceptors (Lipinski definition) is 7. The highest BCUT2D eigenvalue weighted by atomic mass is 19.4. The number of fused-ring (bicyclic) bond motifs is 1. The van der Waals surface area contributed by atoms with E-state index in [1.165, 1.54) is 0 Å². The fourth-order valence-corrected chi connectivity index (χ4v) is 3.00. The number of aliphatic hydroxyl groups excluding tert-OH is 1. The Morgan fingerprint density at radius 1 is 1.29 bits per heavy atom. The van der Waals surface area contributed by atoms with Gasteiger partial charge in [-0.1, -0.05) is 12.1 Å². The van der Waals surface area contributed by atoms with Crippen molar-refractivity contribution in [2.75, 3.05) is 7.11 Å². The normalized spacial score (nSPS) is 19.0. The number of benzene rings is 1. The monoisotopic (exact) mass is 397 g/mol. The van der Waals surface area contributed by atoms with Crippen molar-refractivity contribution < 1.29 is 37.0 Å². The number of alkyl halides is 3. The zero-order valence-corrected chi connectivity index (χ0v) is 14.4. The van der Waals surface area contributed by atoms with E-state index in [0.29, 0.717) is 0 Å². The van der Waals surface area contributed by atoms with E-state index in [9.17, 15) is 27.9 Å². The summed E-state index contributed by atoms with van der Waals surface area (Å²) < 4.78 is 53.9. The van der Waals surface area contributed by atoms with Crippen LogP contribution in [0.25, 0.3) is 0 Å².